The molecule has 1 saturated heterocycles. The van der Waals surface area contributed by atoms with Crippen LogP contribution in [0, 0.1) is 0 Å². The summed E-state index contributed by atoms with van der Waals surface area (Å²) in [5, 5.41) is 9.38. The largest absolute Gasteiger partial charge is 0.508 e. The van der Waals surface area contributed by atoms with Gasteiger partial charge >= 0.3 is 0 Å². The van der Waals surface area contributed by atoms with Crippen molar-refractivity contribution < 1.29 is 13.5 Å². The number of likely N-dealkylation sites (N-methyl/N-ethyl adjacent to an activating group) is 1. The molecule has 1 aliphatic heterocycles. The Labute approximate surface area is 108 Å². The first-order valence-corrected chi connectivity index (χ1v) is 7.34. The normalized spacial score (nSPS) is 23.1. The van der Waals surface area contributed by atoms with E-state index in [4.69, 9.17) is 0 Å². The third-order valence-electron chi connectivity index (χ3n) is 3.38. The lowest BCUT2D eigenvalue weighted by molar-refractivity contribution is 0.159. The molecule has 1 heterocycles. The van der Waals surface area contributed by atoms with Gasteiger partial charge in [-0.2, -0.15) is 4.31 Å². The third-order valence-corrected chi connectivity index (χ3v) is 5.24. The third kappa shape index (κ3) is 2.50. The van der Waals surface area contributed by atoms with E-state index in [9.17, 15) is 13.5 Å². The maximum absolute atomic E-state index is 12.4. The SMILES string of the molecule is CC1CN(S(=O)(=O)c2cccc(O)c2)CCN1C. The number of phenols is 1. The van der Waals surface area contributed by atoms with Gasteiger partial charge in [0.1, 0.15) is 5.75 Å². The van der Waals surface area contributed by atoms with Gasteiger partial charge in [0, 0.05) is 25.7 Å². The second-order valence-electron chi connectivity index (χ2n) is 4.69. The molecule has 0 bridgehead atoms. The number of hydrogen-bond donors (Lipinski definition) is 1. The van der Waals surface area contributed by atoms with Crippen molar-refractivity contribution in [3.8, 4) is 5.75 Å². The average Bonchev–Trinajstić information content (AvgIpc) is 2.32. The highest BCUT2D eigenvalue weighted by Gasteiger charge is 2.30. The van der Waals surface area contributed by atoms with Gasteiger partial charge in [0.15, 0.2) is 0 Å². The van der Waals surface area contributed by atoms with Gasteiger partial charge in [-0.15, -0.1) is 0 Å². The van der Waals surface area contributed by atoms with E-state index in [-0.39, 0.29) is 16.7 Å². The highest BCUT2D eigenvalue weighted by Crippen LogP contribution is 2.22. The van der Waals surface area contributed by atoms with Crippen LogP contribution in [0.3, 0.4) is 0 Å². The molecular formula is C12H18N2O3S. The second-order valence-corrected chi connectivity index (χ2v) is 6.63. The van der Waals surface area contributed by atoms with E-state index in [0.29, 0.717) is 13.1 Å². The molecule has 100 valence electrons. The van der Waals surface area contributed by atoms with E-state index in [1.807, 2.05) is 14.0 Å². The summed E-state index contributed by atoms with van der Waals surface area (Å²) >= 11 is 0. The summed E-state index contributed by atoms with van der Waals surface area (Å²) in [5.74, 6) is -0.0294. The Balaban J connectivity index is 2.27. The molecule has 0 saturated carbocycles. The predicted octanol–water partition coefficient (Wildman–Crippen LogP) is 0.717. The summed E-state index contributed by atoms with van der Waals surface area (Å²) in [5.41, 5.74) is 0. The molecule has 0 aromatic heterocycles. The Bertz CT molecular complexity index is 530. The van der Waals surface area contributed by atoms with Crippen molar-refractivity contribution in [1.82, 2.24) is 9.21 Å². The summed E-state index contributed by atoms with van der Waals surface area (Å²) in [6.45, 7) is 3.69. The van der Waals surface area contributed by atoms with Crippen LogP contribution < -0.4 is 0 Å². The van der Waals surface area contributed by atoms with Crippen LogP contribution in [0.4, 0.5) is 0 Å². The van der Waals surface area contributed by atoms with Crippen molar-refractivity contribution in [3.63, 3.8) is 0 Å². The van der Waals surface area contributed by atoms with E-state index in [1.54, 1.807) is 6.07 Å². The number of aromatic hydroxyl groups is 1. The maximum Gasteiger partial charge on any atom is 0.243 e. The Morgan fingerprint density at radius 1 is 1.33 bits per heavy atom. The molecule has 18 heavy (non-hydrogen) atoms. The molecule has 0 radical (unpaired) electrons. The van der Waals surface area contributed by atoms with Crippen molar-refractivity contribution in [3.05, 3.63) is 24.3 Å². The zero-order valence-electron chi connectivity index (χ0n) is 10.6. The number of sulfonamides is 1. The molecule has 2 rings (SSSR count). The van der Waals surface area contributed by atoms with Crippen molar-refractivity contribution in [1.29, 1.82) is 0 Å². The van der Waals surface area contributed by atoms with Gasteiger partial charge in [0.05, 0.1) is 4.90 Å². The minimum absolute atomic E-state index is 0.0294. The van der Waals surface area contributed by atoms with Crippen molar-refractivity contribution >= 4 is 10.0 Å². The quantitative estimate of drug-likeness (QED) is 0.860. The molecule has 1 aromatic rings. The lowest BCUT2D eigenvalue weighted by atomic mass is 10.2. The van der Waals surface area contributed by atoms with Gasteiger partial charge in [0.25, 0.3) is 0 Å². The van der Waals surface area contributed by atoms with Crippen LogP contribution in [0.1, 0.15) is 6.92 Å². The maximum atomic E-state index is 12.4. The topological polar surface area (TPSA) is 60.9 Å². The van der Waals surface area contributed by atoms with E-state index in [0.717, 1.165) is 6.54 Å². The predicted molar refractivity (Wildman–Crippen MR) is 69.0 cm³/mol. The van der Waals surface area contributed by atoms with Gasteiger partial charge in [-0.25, -0.2) is 8.42 Å². The van der Waals surface area contributed by atoms with E-state index >= 15 is 0 Å². The molecule has 1 fully saturated rings. The monoisotopic (exact) mass is 270 g/mol. The summed E-state index contributed by atoms with van der Waals surface area (Å²) in [7, 11) is -1.51. The molecule has 0 aliphatic carbocycles. The highest BCUT2D eigenvalue weighted by molar-refractivity contribution is 7.89. The zero-order valence-corrected chi connectivity index (χ0v) is 11.4. The number of benzene rings is 1. The Morgan fingerprint density at radius 2 is 2.06 bits per heavy atom. The van der Waals surface area contributed by atoms with E-state index in [1.165, 1.54) is 22.5 Å². The minimum Gasteiger partial charge on any atom is -0.508 e. The Kier molecular flexibility index (Phi) is 3.61. The van der Waals surface area contributed by atoms with Crippen LogP contribution >= 0.6 is 0 Å². The van der Waals surface area contributed by atoms with Crippen LogP contribution in [0.15, 0.2) is 29.2 Å². The van der Waals surface area contributed by atoms with Gasteiger partial charge in [-0.05, 0) is 32.2 Å². The molecule has 0 amide bonds. The molecule has 1 aromatic carbocycles. The first-order valence-electron chi connectivity index (χ1n) is 5.90. The molecule has 6 heteroatoms. The Morgan fingerprint density at radius 3 is 2.67 bits per heavy atom. The first-order chi connectivity index (χ1) is 8.41. The fourth-order valence-corrected chi connectivity index (χ4v) is 3.58. The van der Waals surface area contributed by atoms with Gasteiger partial charge in [0.2, 0.25) is 10.0 Å². The lowest BCUT2D eigenvalue weighted by Crippen LogP contribution is -2.51. The molecular weight excluding hydrogens is 252 g/mol. The van der Waals surface area contributed by atoms with Crippen LogP contribution in [0.25, 0.3) is 0 Å². The number of phenolic OH excluding ortho intramolecular Hbond substituents is 1. The molecule has 1 aliphatic rings. The fraction of sp³-hybridized carbons (Fsp3) is 0.500. The fourth-order valence-electron chi connectivity index (χ4n) is 2.03. The number of nitrogens with zero attached hydrogens (tertiary/aromatic N) is 2. The minimum atomic E-state index is -3.49. The Hall–Kier alpha value is -1.11. The van der Waals surface area contributed by atoms with Gasteiger partial charge < -0.3 is 10.0 Å². The number of rotatable bonds is 2. The standard InChI is InChI=1S/C12H18N2O3S/c1-10-9-14(7-6-13(10)2)18(16,17)12-5-3-4-11(15)8-12/h3-5,8,10,15H,6-7,9H2,1-2H3. The van der Waals surface area contributed by atoms with Crippen LogP contribution in [-0.4, -0.2) is 55.5 Å². The van der Waals surface area contributed by atoms with Crippen LogP contribution in [-0.2, 0) is 10.0 Å². The van der Waals surface area contributed by atoms with Gasteiger partial charge in [-0.1, -0.05) is 6.07 Å². The first kappa shape index (κ1) is 13.3. The average molecular weight is 270 g/mol. The van der Waals surface area contributed by atoms with E-state index in [2.05, 4.69) is 4.90 Å². The molecule has 1 unspecified atom stereocenters. The summed E-state index contributed by atoms with van der Waals surface area (Å²) in [6, 6.07) is 6.01. The molecule has 1 atom stereocenters. The van der Waals surface area contributed by atoms with Crippen LogP contribution in [0.2, 0.25) is 0 Å². The summed E-state index contributed by atoms with van der Waals surface area (Å²) < 4.78 is 26.3. The number of hydrogen-bond acceptors (Lipinski definition) is 4. The van der Waals surface area contributed by atoms with Gasteiger partial charge in [-0.3, -0.25) is 0 Å². The zero-order chi connectivity index (χ0) is 13.3. The molecule has 5 nitrogen and oxygen atoms in total. The smallest absolute Gasteiger partial charge is 0.243 e. The van der Waals surface area contributed by atoms with Crippen molar-refractivity contribution in [2.75, 3.05) is 26.7 Å². The van der Waals surface area contributed by atoms with Crippen LogP contribution in [0.5, 0.6) is 5.75 Å². The molecule has 1 N–H and O–H groups in total. The number of piperazine rings is 1. The summed E-state index contributed by atoms with van der Waals surface area (Å²) in [4.78, 5) is 2.29. The second kappa shape index (κ2) is 4.87. The summed E-state index contributed by atoms with van der Waals surface area (Å²) in [6.07, 6.45) is 0. The lowest BCUT2D eigenvalue weighted by Gasteiger charge is -2.36. The molecule has 0 spiro atoms. The van der Waals surface area contributed by atoms with E-state index < -0.39 is 10.0 Å². The van der Waals surface area contributed by atoms with Crippen molar-refractivity contribution in [2.45, 2.75) is 17.9 Å². The highest BCUT2D eigenvalue weighted by atomic mass is 32.2. The van der Waals surface area contributed by atoms with Crippen molar-refractivity contribution in [2.24, 2.45) is 0 Å².